The van der Waals surface area contributed by atoms with Crippen molar-refractivity contribution >= 4 is 29.0 Å². The van der Waals surface area contributed by atoms with Crippen molar-refractivity contribution in [2.75, 3.05) is 24.5 Å². The highest BCUT2D eigenvalue weighted by Crippen LogP contribution is 2.32. The van der Waals surface area contributed by atoms with E-state index in [0.717, 1.165) is 26.1 Å². The molecular weight excluding hydrogens is 362 g/mol. The van der Waals surface area contributed by atoms with Crippen LogP contribution < -0.4 is 4.90 Å². The van der Waals surface area contributed by atoms with Crippen LogP contribution in [-0.2, 0) is 6.42 Å². The van der Waals surface area contributed by atoms with Crippen molar-refractivity contribution in [3.05, 3.63) is 71.9 Å². The first-order valence-corrected chi connectivity index (χ1v) is 10.3. The van der Waals surface area contributed by atoms with Gasteiger partial charge in [0.2, 0.25) is 0 Å². The number of aromatic hydroxyl groups is 1. The molecule has 0 amide bonds. The van der Waals surface area contributed by atoms with Crippen molar-refractivity contribution in [1.29, 1.82) is 0 Å². The summed E-state index contributed by atoms with van der Waals surface area (Å²) in [7, 11) is 0. The maximum Gasteiger partial charge on any atom is 0.115 e. The fraction of sp³-hybridized carbons (Fsp3) is 0.250. The third kappa shape index (κ3) is 4.20. The van der Waals surface area contributed by atoms with Gasteiger partial charge < -0.3 is 10.0 Å². The number of phenolic OH excluding ortho intramolecular Hbond substituents is 1. The average molecular weight is 384 g/mol. The summed E-state index contributed by atoms with van der Waals surface area (Å²) in [5, 5.41) is 11.7. The fourth-order valence-corrected chi connectivity index (χ4v) is 5.22. The Morgan fingerprint density at radius 2 is 1.88 bits per heavy atom. The second-order valence-electron chi connectivity index (χ2n) is 6.33. The number of anilines is 1. The van der Waals surface area contributed by atoms with Crippen LogP contribution in [0.1, 0.15) is 5.56 Å². The molecule has 3 heterocycles. The van der Waals surface area contributed by atoms with E-state index < -0.39 is 0 Å². The third-order valence-electron chi connectivity index (χ3n) is 4.56. The van der Waals surface area contributed by atoms with Crippen LogP contribution in [0.25, 0.3) is 0 Å². The zero-order valence-corrected chi connectivity index (χ0v) is 16.0. The van der Waals surface area contributed by atoms with Gasteiger partial charge in [-0.3, -0.25) is 4.98 Å². The Morgan fingerprint density at radius 1 is 1.08 bits per heavy atom. The van der Waals surface area contributed by atoms with Crippen LogP contribution >= 0.6 is 23.3 Å². The summed E-state index contributed by atoms with van der Waals surface area (Å²) in [6, 6.07) is 16.4. The molecule has 0 radical (unpaired) electrons. The van der Waals surface area contributed by atoms with E-state index in [2.05, 4.69) is 43.8 Å². The number of rotatable bonds is 5. The molecule has 134 valence electrons. The number of piperazine rings is 1. The maximum absolute atomic E-state index is 9.61. The Hall–Kier alpha value is -2.02. The summed E-state index contributed by atoms with van der Waals surface area (Å²) in [6.45, 7) is 2.97. The molecule has 3 aromatic rings. The number of pyridine rings is 1. The molecule has 0 aliphatic carbocycles. The molecule has 0 bridgehead atoms. The minimum absolute atomic E-state index is 0.311. The van der Waals surface area contributed by atoms with Gasteiger partial charge in [-0.05, 0) is 71.8 Å². The minimum Gasteiger partial charge on any atom is -0.508 e. The van der Waals surface area contributed by atoms with Gasteiger partial charge in [0.25, 0.3) is 0 Å². The molecule has 0 saturated carbocycles. The highest BCUT2D eigenvalue weighted by molar-refractivity contribution is 7.98. The van der Waals surface area contributed by atoms with E-state index >= 15 is 0 Å². The smallest absolute Gasteiger partial charge is 0.115 e. The lowest BCUT2D eigenvalue weighted by atomic mass is 10.0. The molecule has 1 atom stereocenters. The van der Waals surface area contributed by atoms with Crippen molar-refractivity contribution in [3.63, 3.8) is 0 Å². The van der Waals surface area contributed by atoms with Gasteiger partial charge in [-0.15, -0.1) is 11.3 Å². The van der Waals surface area contributed by atoms with Crippen LogP contribution in [0, 0.1) is 0 Å². The first kappa shape index (κ1) is 17.4. The number of benzene rings is 1. The number of aromatic nitrogens is 1. The van der Waals surface area contributed by atoms with Crippen LogP contribution in [0.3, 0.4) is 0 Å². The maximum atomic E-state index is 9.61. The summed E-state index contributed by atoms with van der Waals surface area (Å²) in [6.07, 6.45) is 4.70. The molecule has 1 aliphatic heterocycles. The third-order valence-corrected chi connectivity index (χ3v) is 6.64. The predicted molar refractivity (Wildman–Crippen MR) is 109 cm³/mol. The Balaban J connectivity index is 1.53. The molecule has 1 saturated heterocycles. The van der Waals surface area contributed by atoms with Crippen molar-refractivity contribution in [2.45, 2.75) is 16.7 Å². The van der Waals surface area contributed by atoms with Gasteiger partial charge in [-0.25, -0.2) is 4.31 Å². The first-order chi connectivity index (χ1) is 12.8. The average Bonchev–Trinajstić information content (AvgIpc) is 3.17. The standard InChI is InChI=1S/C20H21N3OS2/c24-19-5-3-17(4-6-19)23-12-11-22(26-20-2-1-13-25-20)15-18(23)14-16-7-9-21-10-8-16/h1-10,13,18,24H,11-12,14-15H2. The van der Waals surface area contributed by atoms with Crippen molar-refractivity contribution in [2.24, 2.45) is 0 Å². The molecule has 0 spiro atoms. The topological polar surface area (TPSA) is 39.6 Å². The van der Waals surface area contributed by atoms with Crippen molar-refractivity contribution < 1.29 is 5.11 Å². The molecule has 26 heavy (non-hydrogen) atoms. The lowest BCUT2D eigenvalue weighted by Gasteiger charge is -2.42. The SMILES string of the molecule is Oc1ccc(N2CCN(Sc3cccs3)CC2Cc2ccncc2)cc1. The Kier molecular flexibility index (Phi) is 5.43. The Morgan fingerprint density at radius 3 is 2.62 bits per heavy atom. The monoisotopic (exact) mass is 383 g/mol. The van der Waals surface area contributed by atoms with E-state index in [9.17, 15) is 5.11 Å². The Labute approximate surface area is 162 Å². The highest BCUT2D eigenvalue weighted by atomic mass is 32.2. The molecule has 1 fully saturated rings. The lowest BCUT2D eigenvalue weighted by molar-refractivity contribution is 0.359. The van der Waals surface area contributed by atoms with Gasteiger partial charge >= 0.3 is 0 Å². The predicted octanol–water partition coefficient (Wildman–Crippen LogP) is 4.29. The van der Waals surface area contributed by atoms with Gasteiger partial charge in [-0.2, -0.15) is 0 Å². The number of hydrogen-bond donors (Lipinski definition) is 1. The number of hydrogen-bond acceptors (Lipinski definition) is 6. The number of nitrogens with zero attached hydrogens (tertiary/aromatic N) is 3. The van der Waals surface area contributed by atoms with E-state index in [1.807, 2.05) is 36.5 Å². The number of thiophene rings is 1. The van der Waals surface area contributed by atoms with Gasteiger partial charge in [-0.1, -0.05) is 6.07 Å². The molecule has 6 heteroatoms. The second-order valence-corrected chi connectivity index (χ2v) is 8.68. The van der Waals surface area contributed by atoms with Crippen molar-refractivity contribution in [3.8, 4) is 5.75 Å². The highest BCUT2D eigenvalue weighted by Gasteiger charge is 2.28. The summed E-state index contributed by atoms with van der Waals surface area (Å²) in [5.41, 5.74) is 2.47. The molecule has 1 aliphatic rings. The summed E-state index contributed by atoms with van der Waals surface area (Å²) in [4.78, 5) is 6.60. The largest absolute Gasteiger partial charge is 0.508 e. The van der Waals surface area contributed by atoms with Crippen LogP contribution in [0.4, 0.5) is 5.69 Å². The van der Waals surface area contributed by atoms with Crippen LogP contribution in [0.15, 0.2) is 70.5 Å². The molecular formula is C20H21N3OS2. The van der Waals surface area contributed by atoms with Gasteiger partial charge in [0.15, 0.2) is 0 Å². The van der Waals surface area contributed by atoms with Crippen molar-refractivity contribution in [1.82, 2.24) is 9.29 Å². The quantitative estimate of drug-likeness (QED) is 0.666. The molecule has 2 aromatic heterocycles. The summed E-state index contributed by atoms with van der Waals surface area (Å²) < 4.78 is 3.81. The second kappa shape index (κ2) is 8.12. The fourth-order valence-electron chi connectivity index (χ4n) is 3.30. The van der Waals surface area contributed by atoms with Gasteiger partial charge in [0.05, 0.1) is 4.21 Å². The lowest BCUT2D eigenvalue weighted by Crippen LogP contribution is -2.52. The summed E-state index contributed by atoms with van der Waals surface area (Å²) in [5.74, 6) is 0.311. The van der Waals surface area contributed by atoms with Crippen LogP contribution in [0.2, 0.25) is 0 Å². The van der Waals surface area contributed by atoms with Gasteiger partial charge in [0, 0.05) is 43.8 Å². The number of phenols is 1. The normalized spacial score (nSPS) is 18.2. The molecule has 4 nitrogen and oxygen atoms in total. The van der Waals surface area contributed by atoms with E-state index in [1.165, 1.54) is 15.5 Å². The van der Waals surface area contributed by atoms with E-state index in [4.69, 9.17) is 0 Å². The molecule has 4 rings (SSSR count). The van der Waals surface area contributed by atoms with Crippen LogP contribution in [0.5, 0.6) is 5.75 Å². The molecule has 1 N–H and O–H groups in total. The zero-order chi connectivity index (χ0) is 17.8. The molecule has 1 unspecified atom stereocenters. The van der Waals surface area contributed by atoms with E-state index in [0.29, 0.717) is 11.8 Å². The minimum atomic E-state index is 0.311. The van der Waals surface area contributed by atoms with E-state index in [1.54, 1.807) is 23.5 Å². The summed E-state index contributed by atoms with van der Waals surface area (Å²) >= 11 is 3.65. The van der Waals surface area contributed by atoms with E-state index in [-0.39, 0.29) is 0 Å². The first-order valence-electron chi connectivity index (χ1n) is 8.69. The zero-order valence-electron chi connectivity index (χ0n) is 14.4. The van der Waals surface area contributed by atoms with Gasteiger partial charge in [0.1, 0.15) is 5.75 Å². The van der Waals surface area contributed by atoms with Crippen LogP contribution in [-0.4, -0.2) is 40.1 Å². The molecule has 1 aromatic carbocycles. The Bertz CT molecular complexity index is 809.